The summed E-state index contributed by atoms with van der Waals surface area (Å²) in [5.41, 5.74) is 4.91. The lowest BCUT2D eigenvalue weighted by Gasteiger charge is -2.20. The van der Waals surface area contributed by atoms with E-state index in [1.54, 1.807) is 6.92 Å². The zero-order valence-corrected chi connectivity index (χ0v) is 19.6. The number of carboxylic acid groups (broad SMARTS) is 1. The van der Waals surface area contributed by atoms with Crippen LogP contribution in [0.25, 0.3) is 11.1 Å². The van der Waals surface area contributed by atoms with Crippen LogP contribution in [0.5, 0.6) is 0 Å². The largest absolute Gasteiger partial charge is 0.480 e. The highest BCUT2D eigenvalue weighted by molar-refractivity contribution is 5.85. The summed E-state index contributed by atoms with van der Waals surface area (Å²) in [7, 11) is 0. The summed E-state index contributed by atoms with van der Waals surface area (Å²) < 4.78 is 6.84. The molecule has 0 bridgehead atoms. The molecule has 1 aliphatic carbocycles. The van der Waals surface area contributed by atoms with Gasteiger partial charge in [-0.3, -0.25) is 14.8 Å². The van der Waals surface area contributed by atoms with Crippen LogP contribution in [0.2, 0.25) is 0 Å². The van der Waals surface area contributed by atoms with Crippen LogP contribution in [-0.4, -0.2) is 45.5 Å². The van der Waals surface area contributed by atoms with Crippen LogP contribution in [0, 0.1) is 5.92 Å². The molecule has 0 saturated carbocycles. The Morgan fingerprint density at radius 2 is 1.71 bits per heavy atom. The standard InChI is InChI=1S/C26H28N4O5/c1-3-16(2)24(25(32)33)29-23(31)14-30-13-17(12-27-30)28-26(34)35-15-22-20-10-6-4-8-18(20)19-9-5-7-11-21(19)22/h4-13,16,22,24H,3,14-15H2,1-2H3,(H,28,34)(H,29,31)(H,32,33). The molecule has 9 nitrogen and oxygen atoms in total. The summed E-state index contributed by atoms with van der Waals surface area (Å²) in [6, 6.07) is 15.2. The van der Waals surface area contributed by atoms with Gasteiger partial charge in [0, 0.05) is 12.1 Å². The quantitative estimate of drug-likeness (QED) is 0.431. The molecular weight excluding hydrogens is 448 g/mol. The number of hydrogen-bond donors (Lipinski definition) is 3. The number of aromatic nitrogens is 2. The summed E-state index contributed by atoms with van der Waals surface area (Å²) in [5, 5.41) is 18.5. The summed E-state index contributed by atoms with van der Waals surface area (Å²) in [6.07, 6.45) is 2.88. The number of fused-ring (bicyclic) bond motifs is 3. The maximum Gasteiger partial charge on any atom is 0.411 e. The first-order valence-corrected chi connectivity index (χ1v) is 11.5. The van der Waals surface area contributed by atoms with Crippen LogP contribution >= 0.6 is 0 Å². The molecule has 0 fully saturated rings. The minimum absolute atomic E-state index is 0.0488. The Balaban J connectivity index is 1.32. The second-order valence-electron chi connectivity index (χ2n) is 8.65. The third kappa shape index (κ3) is 5.34. The summed E-state index contributed by atoms with van der Waals surface area (Å²) >= 11 is 0. The zero-order chi connectivity index (χ0) is 24.9. The van der Waals surface area contributed by atoms with E-state index in [4.69, 9.17) is 4.74 Å². The van der Waals surface area contributed by atoms with Gasteiger partial charge in [0.2, 0.25) is 5.91 Å². The van der Waals surface area contributed by atoms with Crippen LogP contribution < -0.4 is 10.6 Å². The molecule has 0 spiro atoms. The van der Waals surface area contributed by atoms with Crippen LogP contribution in [0.3, 0.4) is 0 Å². The molecule has 2 unspecified atom stereocenters. The van der Waals surface area contributed by atoms with E-state index in [0.717, 1.165) is 22.3 Å². The second-order valence-corrected chi connectivity index (χ2v) is 8.65. The first kappa shape index (κ1) is 24.0. The number of benzene rings is 2. The average molecular weight is 477 g/mol. The Hall–Kier alpha value is -4.14. The Labute approximate surface area is 203 Å². The third-order valence-corrected chi connectivity index (χ3v) is 6.32. The molecule has 0 aliphatic heterocycles. The lowest BCUT2D eigenvalue weighted by atomic mass is 9.98. The lowest BCUT2D eigenvalue weighted by molar-refractivity contribution is -0.143. The number of aliphatic carboxylic acids is 1. The van der Waals surface area contributed by atoms with Crippen LogP contribution in [0.4, 0.5) is 10.5 Å². The van der Waals surface area contributed by atoms with Gasteiger partial charge in [0.1, 0.15) is 19.2 Å². The molecule has 0 saturated heterocycles. The number of hydrogen-bond acceptors (Lipinski definition) is 5. The monoisotopic (exact) mass is 476 g/mol. The SMILES string of the molecule is CCC(C)C(NC(=O)Cn1cc(NC(=O)OCC2c3ccccc3-c3ccccc32)cn1)C(=O)O. The van der Waals surface area contributed by atoms with Gasteiger partial charge in [-0.1, -0.05) is 68.8 Å². The number of anilines is 1. The van der Waals surface area contributed by atoms with E-state index in [-0.39, 0.29) is 25.0 Å². The van der Waals surface area contributed by atoms with Crippen molar-refractivity contribution in [3.8, 4) is 11.1 Å². The fourth-order valence-corrected chi connectivity index (χ4v) is 4.32. The highest BCUT2D eigenvalue weighted by atomic mass is 16.5. The van der Waals surface area contributed by atoms with Crippen molar-refractivity contribution in [1.29, 1.82) is 0 Å². The lowest BCUT2D eigenvalue weighted by Crippen LogP contribution is -2.46. The average Bonchev–Trinajstić information content (AvgIpc) is 3.42. The molecule has 2 amide bonds. The Morgan fingerprint density at radius 3 is 2.31 bits per heavy atom. The van der Waals surface area contributed by atoms with Crippen molar-refractivity contribution in [2.24, 2.45) is 5.92 Å². The molecular formula is C26H28N4O5. The third-order valence-electron chi connectivity index (χ3n) is 6.32. The van der Waals surface area contributed by atoms with E-state index in [1.165, 1.54) is 17.1 Å². The number of nitrogens with zero attached hydrogens (tertiary/aromatic N) is 2. The summed E-state index contributed by atoms with van der Waals surface area (Å²) in [6.45, 7) is 3.64. The summed E-state index contributed by atoms with van der Waals surface area (Å²) in [5.74, 6) is -1.81. The number of ether oxygens (including phenoxy) is 1. The fourth-order valence-electron chi connectivity index (χ4n) is 4.32. The van der Waals surface area contributed by atoms with Gasteiger partial charge < -0.3 is 15.2 Å². The van der Waals surface area contributed by atoms with Gasteiger partial charge in [0.15, 0.2) is 0 Å². The highest BCUT2D eigenvalue weighted by Crippen LogP contribution is 2.44. The number of rotatable bonds is 9. The van der Waals surface area contributed by atoms with E-state index >= 15 is 0 Å². The Kier molecular flexibility index (Phi) is 7.14. The van der Waals surface area contributed by atoms with Crippen molar-refractivity contribution >= 4 is 23.7 Å². The van der Waals surface area contributed by atoms with Crippen molar-refractivity contribution in [2.75, 3.05) is 11.9 Å². The maximum absolute atomic E-state index is 12.4. The molecule has 35 heavy (non-hydrogen) atoms. The molecule has 3 N–H and O–H groups in total. The van der Waals surface area contributed by atoms with E-state index in [9.17, 15) is 19.5 Å². The van der Waals surface area contributed by atoms with Gasteiger partial charge in [-0.2, -0.15) is 5.10 Å². The minimum atomic E-state index is -1.08. The van der Waals surface area contributed by atoms with Crippen molar-refractivity contribution < 1.29 is 24.2 Å². The van der Waals surface area contributed by atoms with Crippen molar-refractivity contribution in [3.63, 3.8) is 0 Å². The number of carboxylic acids is 1. The van der Waals surface area contributed by atoms with Crippen molar-refractivity contribution in [3.05, 3.63) is 72.1 Å². The van der Waals surface area contributed by atoms with Gasteiger partial charge >= 0.3 is 12.1 Å². The topological polar surface area (TPSA) is 123 Å². The number of amides is 2. The smallest absolute Gasteiger partial charge is 0.411 e. The van der Waals surface area contributed by atoms with E-state index in [0.29, 0.717) is 12.1 Å². The van der Waals surface area contributed by atoms with Crippen LogP contribution in [-0.2, 0) is 20.9 Å². The highest BCUT2D eigenvalue weighted by Gasteiger charge is 2.29. The van der Waals surface area contributed by atoms with Crippen molar-refractivity contribution in [1.82, 2.24) is 15.1 Å². The predicted octanol–water partition coefficient (Wildman–Crippen LogP) is 3.86. The number of nitrogens with one attached hydrogen (secondary N) is 2. The molecule has 3 aromatic rings. The number of carbonyl (C=O) groups is 3. The molecule has 1 aromatic heterocycles. The first-order valence-electron chi connectivity index (χ1n) is 11.5. The van der Waals surface area contributed by atoms with E-state index in [1.807, 2.05) is 43.3 Å². The first-order chi connectivity index (χ1) is 16.9. The van der Waals surface area contributed by atoms with Crippen molar-refractivity contribution in [2.45, 2.75) is 38.8 Å². The van der Waals surface area contributed by atoms with E-state index in [2.05, 4.69) is 27.9 Å². The molecule has 2 aromatic carbocycles. The Morgan fingerprint density at radius 1 is 1.09 bits per heavy atom. The van der Waals surface area contributed by atoms with Crippen LogP contribution in [0.1, 0.15) is 37.3 Å². The van der Waals surface area contributed by atoms with Gasteiger partial charge in [-0.25, -0.2) is 9.59 Å². The number of carbonyl (C=O) groups excluding carboxylic acids is 2. The van der Waals surface area contributed by atoms with Crippen LogP contribution in [0.15, 0.2) is 60.9 Å². The maximum atomic E-state index is 12.4. The molecule has 1 aliphatic rings. The van der Waals surface area contributed by atoms with Gasteiger partial charge in [-0.15, -0.1) is 0 Å². The second kappa shape index (κ2) is 10.4. The molecule has 2 atom stereocenters. The molecule has 9 heteroatoms. The molecule has 0 radical (unpaired) electrons. The van der Waals surface area contributed by atoms with Gasteiger partial charge in [-0.05, 0) is 28.2 Å². The molecule has 1 heterocycles. The van der Waals surface area contributed by atoms with E-state index < -0.39 is 24.0 Å². The fraction of sp³-hybridized carbons (Fsp3) is 0.308. The Bertz CT molecular complexity index is 1190. The zero-order valence-electron chi connectivity index (χ0n) is 19.6. The summed E-state index contributed by atoms with van der Waals surface area (Å²) in [4.78, 5) is 36.1. The minimum Gasteiger partial charge on any atom is -0.480 e. The van der Waals surface area contributed by atoms with Gasteiger partial charge in [0.05, 0.1) is 11.9 Å². The normalized spacial score (nSPS) is 13.9. The van der Waals surface area contributed by atoms with Gasteiger partial charge in [0.25, 0.3) is 0 Å². The predicted molar refractivity (Wildman–Crippen MR) is 130 cm³/mol. The molecule has 4 rings (SSSR count). The molecule has 182 valence electrons.